The fraction of sp³-hybridized carbons (Fsp3) is 0.423. The van der Waals surface area contributed by atoms with Gasteiger partial charge in [0.25, 0.3) is 0 Å². The minimum atomic E-state index is -0.474. The lowest BCUT2D eigenvalue weighted by molar-refractivity contribution is -0.130. The topological polar surface area (TPSA) is 75.8 Å². The summed E-state index contributed by atoms with van der Waals surface area (Å²) in [7, 11) is 0. The van der Waals surface area contributed by atoms with E-state index in [0.29, 0.717) is 24.9 Å². The second-order valence-electron chi connectivity index (χ2n) is 9.22. The Labute approximate surface area is 185 Å². The lowest BCUT2D eigenvalue weighted by Gasteiger charge is -2.37. The van der Waals surface area contributed by atoms with Crippen LogP contribution in [0.25, 0.3) is 0 Å². The molecule has 0 spiro atoms. The minimum Gasteiger partial charge on any atom is -0.369 e. The van der Waals surface area contributed by atoms with E-state index in [1.165, 1.54) is 4.90 Å². The minimum absolute atomic E-state index is 0.0301. The molecular formula is C26H33N3O2. The molecule has 31 heavy (non-hydrogen) atoms. The molecule has 5 nitrogen and oxygen atoms in total. The number of guanidine groups is 1. The standard InChI is InChI=1S/C26H33N3O2/c1-17(2)26(5)15-24(31)29(25(27)28-26)16-22-14-21(12-11-18(22)3)23(30)13-19(4)20-9-7-6-8-10-20/h6-12,14,17,19H,13,15-16H2,1-5H3,(H2,27,28)/t19-,26+/m1/s1. The van der Waals surface area contributed by atoms with Crippen LogP contribution in [0.1, 0.15) is 73.5 Å². The van der Waals surface area contributed by atoms with Crippen LogP contribution >= 0.6 is 0 Å². The van der Waals surface area contributed by atoms with Crippen LogP contribution in [0.15, 0.2) is 53.5 Å². The van der Waals surface area contributed by atoms with Crippen molar-refractivity contribution >= 4 is 17.6 Å². The van der Waals surface area contributed by atoms with E-state index < -0.39 is 5.54 Å². The molecule has 0 saturated carbocycles. The van der Waals surface area contributed by atoms with Crippen molar-refractivity contribution in [2.24, 2.45) is 16.6 Å². The highest BCUT2D eigenvalue weighted by Crippen LogP contribution is 2.31. The maximum atomic E-state index is 12.9. The van der Waals surface area contributed by atoms with Gasteiger partial charge in [-0.05, 0) is 48.4 Å². The number of ketones is 1. The first-order chi connectivity index (χ1) is 14.6. The van der Waals surface area contributed by atoms with Gasteiger partial charge in [-0.15, -0.1) is 0 Å². The molecule has 2 atom stereocenters. The molecule has 1 aliphatic heterocycles. The lowest BCUT2D eigenvalue weighted by atomic mass is 9.84. The zero-order valence-corrected chi connectivity index (χ0v) is 19.2. The molecule has 2 aromatic carbocycles. The van der Waals surface area contributed by atoms with Crippen LogP contribution in [0, 0.1) is 12.8 Å². The third kappa shape index (κ3) is 5.04. The summed E-state index contributed by atoms with van der Waals surface area (Å²) in [5, 5.41) is 0. The van der Waals surface area contributed by atoms with Crippen molar-refractivity contribution in [1.82, 2.24) is 4.90 Å². The normalized spacial score (nSPS) is 20.0. The first-order valence-corrected chi connectivity index (χ1v) is 10.9. The Bertz CT molecular complexity index is 997. The quantitative estimate of drug-likeness (QED) is 0.653. The van der Waals surface area contributed by atoms with Gasteiger partial charge in [-0.25, -0.2) is 4.99 Å². The molecule has 2 aromatic rings. The Morgan fingerprint density at radius 1 is 1.16 bits per heavy atom. The molecule has 1 heterocycles. The van der Waals surface area contributed by atoms with Crippen molar-refractivity contribution in [1.29, 1.82) is 0 Å². The molecule has 0 aromatic heterocycles. The molecular weight excluding hydrogens is 386 g/mol. The number of hydrogen-bond donors (Lipinski definition) is 1. The molecule has 1 aliphatic rings. The molecule has 3 rings (SSSR count). The average molecular weight is 420 g/mol. The van der Waals surface area contributed by atoms with E-state index in [1.807, 2.05) is 62.4 Å². The maximum Gasteiger partial charge on any atom is 0.232 e. The summed E-state index contributed by atoms with van der Waals surface area (Å²) in [6, 6.07) is 15.8. The van der Waals surface area contributed by atoms with Gasteiger partial charge in [0.1, 0.15) is 0 Å². The largest absolute Gasteiger partial charge is 0.369 e. The van der Waals surface area contributed by atoms with E-state index >= 15 is 0 Å². The Morgan fingerprint density at radius 2 is 1.84 bits per heavy atom. The van der Waals surface area contributed by atoms with E-state index in [9.17, 15) is 9.59 Å². The van der Waals surface area contributed by atoms with Gasteiger partial charge in [-0.1, -0.05) is 63.2 Å². The highest BCUT2D eigenvalue weighted by molar-refractivity contribution is 5.99. The fourth-order valence-electron chi connectivity index (χ4n) is 3.87. The van der Waals surface area contributed by atoms with Gasteiger partial charge in [-0.2, -0.15) is 0 Å². The van der Waals surface area contributed by atoms with Gasteiger partial charge in [-0.3, -0.25) is 14.5 Å². The van der Waals surface area contributed by atoms with Gasteiger partial charge in [0.15, 0.2) is 11.7 Å². The number of rotatable bonds is 7. The summed E-state index contributed by atoms with van der Waals surface area (Å²) in [6.45, 7) is 10.4. The van der Waals surface area contributed by atoms with Crippen LogP contribution < -0.4 is 5.73 Å². The summed E-state index contributed by atoms with van der Waals surface area (Å²) in [5.74, 6) is 0.667. The Kier molecular flexibility index (Phi) is 6.63. The van der Waals surface area contributed by atoms with Crippen LogP contribution in [0.5, 0.6) is 0 Å². The summed E-state index contributed by atoms with van der Waals surface area (Å²) in [6.07, 6.45) is 0.767. The molecule has 164 valence electrons. The molecule has 0 radical (unpaired) electrons. The predicted molar refractivity (Wildman–Crippen MR) is 125 cm³/mol. The summed E-state index contributed by atoms with van der Waals surface area (Å²) in [5.41, 5.74) is 9.47. The monoisotopic (exact) mass is 419 g/mol. The van der Waals surface area contributed by atoms with E-state index in [1.54, 1.807) is 0 Å². The van der Waals surface area contributed by atoms with Crippen molar-refractivity contribution in [3.8, 4) is 0 Å². The third-order valence-electron chi connectivity index (χ3n) is 6.56. The van der Waals surface area contributed by atoms with Crippen LogP contribution in [-0.2, 0) is 11.3 Å². The first-order valence-electron chi connectivity index (χ1n) is 10.9. The third-order valence-corrected chi connectivity index (χ3v) is 6.56. The Hall–Kier alpha value is -2.95. The Morgan fingerprint density at radius 3 is 2.45 bits per heavy atom. The SMILES string of the molecule is Cc1ccc(C(=O)C[C@@H](C)c2ccccc2)cc1CN1C(=O)C[C@@](C)(C(C)C)N=C1N. The lowest BCUT2D eigenvalue weighted by Crippen LogP contribution is -2.51. The van der Waals surface area contributed by atoms with Crippen molar-refractivity contribution in [3.63, 3.8) is 0 Å². The molecule has 0 unspecified atom stereocenters. The van der Waals surface area contributed by atoms with Gasteiger partial charge in [0, 0.05) is 12.0 Å². The zero-order chi connectivity index (χ0) is 22.8. The number of amides is 1. The maximum absolute atomic E-state index is 12.9. The second-order valence-corrected chi connectivity index (χ2v) is 9.22. The van der Waals surface area contributed by atoms with E-state index in [2.05, 4.69) is 25.8 Å². The number of carbonyl (C=O) groups is 2. The second kappa shape index (κ2) is 9.04. The molecule has 0 fully saturated rings. The van der Waals surface area contributed by atoms with Crippen LogP contribution in [0.3, 0.4) is 0 Å². The first kappa shape index (κ1) is 22.7. The van der Waals surface area contributed by atoms with E-state index in [0.717, 1.165) is 16.7 Å². The number of benzene rings is 2. The highest BCUT2D eigenvalue weighted by atomic mass is 16.2. The zero-order valence-electron chi connectivity index (χ0n) is 19.2. The van der Waals surface area contributed by atoms with Gasteiger partial charge < -0.3 is 5.73 Å². The van der Waals surface area contributed by atoms with E-state index in [-0.39, 0.29) is 29.5 Å². The number of hydrogen-bond acceptors (Lipinski definition) is 4. The van der Waals surface area contributed by atoms with Crippen LogP contribution in [0.4, 0.5) is 0 Å². The summed E-state index contributed by atoms with van der Waals surface area (Å²) < 4.78 is 0. The number of Topliss-reactive ketones (excluding diaryl/α,β-unsaturated/α-hetero) is 1. The average Bonchev–Trinajstić information content (AvgIpc) is 2.72. The molecule has 1 amide bonds. The van der Waals surface area contributed by atoms with Crippen LogP contribution in [0.2, 0.25) is 0 Å². The summed E-state index contributed by atoms with van der Waals surface area (Å²) in [4.78, 5) is 32.0. The fourth-order valence-corrected chi connectivity index (χ4v) is 3.87. The number of carbonyl (C=O) groups excluding carboxylic acids is 2. The van der Waals surface area contributed by atoms with Crippen molar-refractivity contribution in [3.05, 3.63) is 70.8 Å². The van der Waals surface area contributed by atoms with Gasteiger partial charge in [0.2, 0.25) is 5.91 Å². The molecule has 0 aliphatic carbocycles. The van der Waals surface area contributed by atoms with Crippen molar-refractivity contribution in [2.45, 2.75) is 65.5 Å². The van der Waals surface area contributed by atoms with Gasteiger partial charge in [0.05, 0.1) is 18.5 Å². The molecule has 5 heteroatoms. The van der Waals surface area contributed by atoms with E-state index in [4.69, 9.17) is 5.73 Å². The van der Waals surface area contributed by atoms with Crippen molar-refractivity contribution in [2.75, 3.05) is 0 Å². The smallest absolute Gasteiger partial charge is 0.232 e. The van der Waals surface area contributed by atoms with Gasteiger partial charge >= 0.3 is 0 Å². The predicted octanol–water partition coefficient (Wildman–Crippen LogP) is 4.83. The van der Waals surface area contributed by atoms with Crippen molar-refractivity contribution < 1.29 is 9.59 Å². The number of nitrogens with zero attached hydrogens (tertiary/aromatic N) is 2. The Balaban J connectivity index is 1.78. The molecule has 0 bridgehead atoms. The number of aryl methyl sites for hydroxylation is 1. The molecule has 0 saturated heterocycles. The summed E-state index contributed by atoms with van der Waals surface area (Å²) >= 11 is 0. The molecule has 2 N–H and O–H groups in total. The highest BCUT2D eigenvalue weighted by Gasteiger charge is 2.38. The number of nitrogens with two attached hydrogens (primary N) is 1. The van der Waals surface area contributed by atoms with Crippen LogP contribution in [-0.4, -0.2) is 28.1 Å². The number of aliphatic imine (C=N–C) groups is 1.